The molecule has 1 amide bonds. The first-order valence-electron chi connectivity index (χ1n) is 16.2. The predicted molar refractivity (Wildman–Crippen MR) is 162 cm³/mol. The number of nitrogens with two attached hydrogens (primary N) is 1. The summed E-state index contributed by atoms with van der Waals surface area (Å²) in [6.45, 7) is 5.14. The molecule has 0 saturated heterocycles. The number of hydrogen-bond donors (Lipinski definition) is 1. The van der Waals surface area contributed by atoms with Crippen LogP contribution in [0.5, 0.6) is 0 Å². The number of likely N-dealkylation sites (N-methyl/N-ethyl adjacent to an activating group) is 1. The molecule has 0 aliphatic rings. The normalized spacial score (nSPS) is 12.8. The zero-order valence-corrected chi connectivity index (χ0v) is 26.4. The maximum absolute atomic E-state index is 12.5. The van der Waals surface area contributed by atoms with Gasteiger partial charge in [0.25, 0.3) is 5.91 Å². The van der Waals surface area contributed by atoms with Crippen LogP contribution in [0.15, 0.2) is 0 Å². The van der Waals surface area contributed by atoms with E-state index >= 15 is 0 Å². The molecular formula is C32H62N2O6. The summed E-state index contributed by atoms with van der Waals surface area (Å²) < 4.78 is 16.7. The standard InChI is InChI=1S/C32H62N2O6/c1-5-7-9-11-13-15-17-19-21-23-29(35)39-27-28(38-26-25-34(3)4)31(32(33)37)40-30(36)24-22-20-18-16-14-12-10-8-6-2/h28,31H,5-27H2,1-4H3,(H2,33,37). The first-order valence-corrected chi connectivity index (χ1v) is 16.2. The van der Waals surface area contributed by atoms with E-state index in [9.17, 15) is 14.4 Å². The summed E-state index contributed by atoms with van der Waals surface area (Å²) in [4.78, 5) is 39.0. The van der Waals surface area contributed by atoms with Gasteiger partial charge >= 0.3 is 11.9 Å². The molecule has 2 N–H and O–H groups in total. The van der Waals surface area contributed by atoms with Crippen LogP contribution < -0.4 is 5.73 Å². The molecule has 0 aliphatic heterocycles. The lowest BCUT2D eigenvalue weighted by Gasteiger charge is -2.25. The number of rotatable bonds is 29. The summed E-state index contributed by atoms with van der Waals surface area (Å²) in [6.07, 6.45) is 19.1. The van der Waals surface area contributed by atoms with Crippen molar-refractivity contribution in [3.05, 3.63) is 0 Å². The molecule has 2 unspecified atom stereocenters. The molecule has 0 spiro atoms. The number of hydrogen-bond acceptors (Lipinski definition) is 7. The lowest BCUT2D eigenvalue weighted by Crippen LogP contribution is -2.47. The second kappa shape index (κ2) is 27.5. The number of carbonyl (C=O) groups is 3. The fourth-order valence-electron chi connectivity index (χ4n) is 4.53. The van der Waals surface area contributed by atoms with E-state index < -0.39 is 24.1 Å². The van der Waals surface area contributed by atoms with Crippen molar-refractivity contribution < 1.29 is 28.6 Å². The molecule has 0 aromatic rings. The first-order chi connectivity index (χ1) is 19.3. The SMILES string of the molecule is CCCCCCCCCCCC(=O)OCC(OCCN(C)C)C(OC(=O)CCCCCCCCCCC)C(N)=O. The van der Waals surface area contributed by atoms with Crippen molar-refractivity contribution in [3.63, 3.8) is 0 Å². The van der Waals surface area contributed by atoms with Crippen LogP contribution in [-0.2, 0) is 28.6 Å². The highest BCUT2D eigenvalue weighted by atomic mass is 16.6. The van der Waals surface area contributed by atoms with E-state index in [2.05, 4.69) is 13.8 Å². The third kappa shape index (κ3) is 24.2. The highest BCUT2D eigenvalue weighted by Gasteiger charge is 2.32. The number of amides is 1. The largest absolute Gasteiger partial charge is 0.463 e. The topological polar surface area (TPSA) is 108 Å². The summed E-state index contributed by atoms with van der Waals surface area (Å²) >= 11 is 0. The van der Waals surface area contributed by atoms with Gasteiger partial charge in [0.05, 0.1) is 6.61 Å². The van der Waals surface area contributed by atoms with Crippen LogP contribution in [0.25, 0.3) is 0 Å². The Labute approximate surface area is 245 Å². The van der Waals surface area contributed by atoms with Crippen molar-refractivity contribution in [2.24, 2.45) is 5.73 Å². The molecule has 0 fully saturated rings. The van der Waals surface area contributed by atoms with E-state index in [1.807, 2.05) is 19.0 Å². The van der Waals surface area contributed by atoms with E-state index in [0.717, 1.165) is 32.1 Å². The molecule has 0 aromatic heterocycles. The van der Waals surface area contributed by atoms with Crippen LogP contribution in [0.3, 0.4) is 0 Å². The van der Waals surface area contributed by atoms with Gasteiger partial charge in [-0.2, -0.15) is 0 Å². The van der Waals surface area contributed by atoms with E-state index in [-0.39, 0.29) is 25.6 Å². The maximum Gasteiger partial charge on any atom is 0.306 e. The molecule has 0 rings (SSSR count). The Morgan fingerprint density at radius 2 is 1.07 bits per heavy atom. The monoisotopic (exact) mass is 570 g/mol. The maximum atomic E-state index is 12.5. The number of carbonyl (C=O) groups excluding carboxylic acids is 3. The minimum Gasteiger partial charge on any atom is -0.463 e. The molecule has 2 atom stereocenters. The van der Waals surface area contributed by atoms with Gasteiger partial charge in [-0.05, 0) is 26.9 Å². The second-order valence-corrected chi connectivity index (χ2v) is 11.4. The van der Waals surface area contributed by atoms with Crippen molar-refractivity contribution in [2.45, 2.75) is 154 Å². The number of nitrogens with zero attached hydrogens (tertiary/aromatic N) is 1. The third-order valence-electron chi connectivity index (χ3n) is 7.12. The zero-order chi connectivity index (χ0) is 29.8. The Morgan fingerprint density at radius 3 is 1.50 bits per heavy atom. The van der Waals surface area contributed by atoms with E-state index in [0.29, 0.717) is 19.4 Å². The van der Waals surface area contributed by atoms with Gasteiger partial charge in [0.1, 0.15) is 12.7 Å². The van der Waals surface area contributed by atoms with Crippen LogP contribution in [-0.4, -0.2) is 68.8 Å². The van der Waals surface area contributed by atoms with Crippen LogP contribution in [0, 0.1) is 0 Å². The molecule has 8 nitrogen and oxygen atoms in total. The lowest BCUT2D eigenvalue weighted by atomic mass is 10.1. The van der Waals surface area contributed by atoms with E-state index in [1.54, 1.807) is 0 Å². The van der Waals surface area contributed by atoms with Crippen LogP contribution in [0.1, 0.15) is 142 Å². The molecule has 40 heavy (non-hydrogen) atoms. The van der Waals surface area contributed by atoms with Gasteiger partial charge in [0.15, 0.2) is 0 Å². The van der Waals surface area contributed by atoms with Crippen molar-refractivity contribution in [1.29, 1.82) is 0 Å². The average molecular weight is 571 g/mol. The van der Waals surface area contributed by atoms with E-state index in [1.165, 1.54) is 77.0 Å². The van der Waals surface area contributed by atoms with Gasteiger partial charge in [-0.3, -0.25) is 14.4 Å². The Hall–Kier alpha value is -1.67. The highest BCUT2D eigenvalue weighted by Crippen LogP contribution is 2.14. The fourth-order valence-corrected chi connectivity index (χ4v) is 4.53. The number of ether oxygens (including phenoxy) is 3. The van der Waals surface area contributed by atoms with Crippen molar-refractivity contribution in [2.75, 3.05) is 33.9 Å². The second-order valence-electron chi connectivity index (χ2n) is 11.4. The van der Waals surface area contributed by atoms with Crippen molar-refractivity contribution in [3.8, 4) is 0 Å². The average Bonchev–Trinajstić information content (AvgIpc) is 2.91. The summed E-state index contributed by atoms with van der Waals surface area (Å²) in [5.74, 6) is -1.62. The predicted octanol–water partition coefficient (Wildman–Crippen LogP) is 6.72. The highest BCUT2D eigenvalue weighted by molar-refractivity contribution is 5.83. The quantitative estimate of drug-likeness (QED) is 0.0786. The summed E-state index contributed by atoms with van der Waals surface area (Å²) in [6, 6.07) is 0. The van der Waals surface area contributed by atoms with Gasteiger partial charge in [-0.1, -0.05) is 117 Å². The zero-order valence-electron chi connectivity index (χ0n) is 26.4. The molecule has 0 saturated carbocycles. The van der Waals surface area contributed by atoms with Gasteiger partial charge in [-0.15, -0.1) is 0 Å². The number of primary amides is 1. The van der Waals surface area contributed by atoms with E-state index in [4.69, 9.17) is 19.9 Å². The molecule has 0 aromatic carbocycles. The van der Waals surface area contributed by atoms with Crippen molar-refractivity contribution in [1.82, 2.24) is 4.90 Å². The minimum atomic E-state index is -1.30. The molecule has 0 bridgehead atoms. The summed E-state index contributed by atoms with van der Waals surface area (Å²) in [7, 11) is 3.81. The molecule has 0 radical (unpaired) electrons. The Morgan fingerprint density at radius 1 is 0.650 bits per heavy atom. The van der Waals surface area contributed by atoms with Gasteiger partial charge in [-0.25, -0.2) is 0 Å². The lowest BCUT2D eigenvalue weighted by molar-refractivity contribution is -0.171. The molecule has 8 heteroatoms. The molecule has 0 heterocycles. The molecule has 0 aliphatic carbocycles. The van der Waals surface area contributed by atoms with Gasteiger partial charge < -0.3 is 24.8 Å². The Bertz CT molecular complexity index is 629. The first kappa shape index (κ1) is 38.3. The van der Waals surface area contributed by atoms with Gasteiger partial charge in [0, 0.05) is 19.4 Å². The summed E-state index contributed by atoms with van der Waals surface area (Å²) in [5, 5.41) is 0. The van der Waals surface area contributed by atoms with Crippen molar-refractivity contribution >= 4 is 17.8 Å². The van der Waals surface area contributed by atoms with Crippen LogP contribution in [0.2, 0.25) is 0 Å². The molecule has 236 valence electrons. The van der Waals surface area contributed by atoms with Gasteiger partial charge in [0.2, 0.25) is 6.10 Å². The minimum absolute atomic E-state index is 0.178. The number of unbranched alkanes of at least 4 members (excludes halogenated alkanes) is 16. The third-order valence-corrected chi connectivity index (χ3v) is 7.12. The smallest absolute Gasteiger partial charge is 0.306 e. The van der Waals surface area contributed by atoms with Crippen LogP contribution in [0.4, 0.5) is 0 Å². The summed E-state index contributed by atoms with van der Waals surface area (Å²) in [5.41, 5.74) is 5.59. The fraction of sp³-hybridized carbons (Fsp3) is 0.906. The Kier molecular flexibility index (Phi) is 26.3. The van der Waals surface area contributed by atoms with Crippen LogP contribution >= 0.6 is 0 Å². The Balaban J connectivity index is 4.50. The molecular weight excluding hydrogens is 508 g/mol. The number of esters is 2.